The predicted molar refractivity (Wildman–Crippen MR) is 94.6 cm³/mol. The van der Waals surface area contributed by atoms with E-state index >= 15 is 0 Å². The minimum Gasteiger partial charge on any atom is -0.394 e. The van der Waals surface area contributed by atoms with Crippen molar-refractivity contribution >= 4 is 44.9 Å². The molecule has 0 aliphatic carbocycles. The van der Waals surface area contributed by atoms with E-state index in [0.29, 0.717) is 4.47 Å². The number of aliphatic hydroxyl groups excluding tert-OH is 1. The topological polar surface area (TPSA) is 92.6 Å². The summed E-state index contributed by atoms with van der Waals surface area (Å²) < 4.78 is 15.7. The fourth-order valence-electron chi connectivity index (χ4n) is 1.96. The molecule has 1 aromatic heterocycles. The van der Waals surface area contributed by atoms with Gasteiger partial charge in [-0.2, -0.15) is 0 Å². The number of hydroxylamine groups is 1. The number of nitrogens with one attached hydrogen (secondary N) is 2. The second-order valence-electron chi connectivity index (χ2n) is 4.87. The van der Waals surface area contributed by atoms with Crippen LogP contribution in [0.2, 0.25) is 5.02 Å². The molecule has 7 nitrogen and oxygen atoms in total. The lowest BCUT2D eigenvalue weighted by Crippen LogP contribution is -2.29. The Morgan fingerprint density at radius 2 is 2.16 bits per heavy atom. The quantitative estimate of drug-likeness (QED) is 0.479. The Labute approximate surface area is 155 Å². The predicted octanol–water partition coefficient (Wildman–Crippen LogP) is 2.34. The summed E-state index contributed by atoms with van der Waals surface area (Å²) in [5.74, 6) is -1.27. The molecule has 0 unspecified atom stereocenters. The number of nitrogens with zero attached hydrogens (tertiary/aromatic N) is 1. The van der Waals surface area contributed by atoms with Gasteiger partial charge in [0.1, 0.15) is 16.7 Å². The molecule has 0 aliphatic rings. The Morgan fingerprint density at radius 1 is 1.44 bits per heavy atom. The van der Waals surface area contributed by atoms with E-state index in [-0.39, 0.29) is 35.3 Å². The number of anilines is 2. The molecular formula is C15H14BrClFN3O4. The van der Waals surface area contributed by atoms with Gasteiger partial charge in [-0.05, 0) is 24.3 Å². The van der Waals surface area contributed by atoms with Crippen molar-refractivity contribution in [1.29, 1.82) is 0 Å². The van der Waals surface area contributed by atoms with Crippen molar-refractivity contribution in [3.05, 3.63) is 55.5 Å². The number of rotatable bonds is 6. The van der Waals surface area contributed by atoms with Crippen LogP contribution in [0.5, 0.6) is 0 Å². The number of halogens is 3. The van der Waals surface area contributed by atoms with Gasteiger partial charge in [0.05, 0.1) is 24.5 Å². The molecule has 0 saturated carbocycles. The summed E-state index contributed by atoms with van der Waals surface area (Å²) in [5, 5.41) is 11.2. The number of carbonyl (C=O) groups is 1. The third-order valence-electron chi connectivity index (χ3n) is 3.16. The Balaban J connectivity index is 2.45. The Bertz CT molecular complexity index is 859. The first-order valence-corrected chi connectivity index (χ1v) is 8.16. The SMILES string of the molecule is Cn1c(Nc2ccc(Br)cc2F)c(C(=O)NOCCO)cc(Cl)c1=O. The minimum atomic E-state index is -0.717. The second kappa shape index (κ2) is 8.43. The van der Waals surface area contributed by atoms with Crippen LogP contribution in [0.3, 0.4) is 0 Å². The molecule has 0 spiro atoms. The van der Waals surface area contributed by atoms with Crippen LogP contribution in [0, 0.1) is 5.82 Å². The molecule has 10 heteroatoms. The normalized spacial score (nSPS) is 10.6. The smallest absolute Gasteiger partial charge is 0.278 e. The molecule has 1 amide bonds. The summed E-state index contributed by atoms with van der Waals surface area (Å²) in [6, 6.07) is 5.44. The number of hydrogen-bond acceptors (Lipinski definition) is 5. The van der Waals surface area contributed by atoms with E-state index in [1.807, 2.05) is 0 Å². The second-order valence-corrected chi connectivity index (χ2v) is 6.19. The van der Waals surface area contributed by atoms with Gasteiger partial charge in [-0.25, -0.2) is 9.87 Å². The molecule has 2 aromatic rings. The first-order valence-electron chi connectivity index (χ1n) is 6.99. The number of carbonyl (C=O) groups excluding carboxylic acids is 1. The number of amides is 1. The Hall–Kier alpha value is -1.94. The molecule has 2 rings (SSSR count). The van der Waals surface area contributed by atoms with Crippen molar-refractivity contribution in [3.63, 3.8) is 0 Å². The fourth-order valence-corrected chi connectivity index (χ4v) is 2.53. The first kappa shape index (κ1) is 19.4. The van der Waals surface area contributed by atoms with Crippen molar-refractivity contribution in [1.82, 2.24) is 10.0 Å². The summed E-state index contributed by atoms with van der Waals surface area (Å²) in [6.07, 6.45) is 0. The van der Waals surface area contributed by atoms with Crippen LogP contribution >= 0.6 is 27.5 Å². The summed E-state index contributed by atoms with van der Waals surface area (Å²) >= 11 is 9.00. The van der Waals surface area contributed by atoms with Gasteiger partial charge in [0, 0.05) is 11.5 Å². The Kier molecular flexibility index (Phi) is 6.54. The molecule has 25 heavy (non-hydrogen) atoms. The maximum atomic E-state index is 14.1. The van der Waals surface area contributed by atoms with Gasteiger partial charge in [-0.15, -0.1) is 0 Å². The number of aromatic nitrogens is 1. The van der Waals surface area contributed by atoms with Gasteiger partial charge in [-0.1, -0.05) is 27.5 Å². The van der Waals surface area contributed by atoms with Crippen molar-refractivity contribution in [2.24, 2.45) is 7.05 Å². The minimum absolute atomic E-state index is 0.0284. The van der Waals surface area contributed by atoms with Crippen LogP contribution in [0.1, 0.15) is 10.4 Å². The van der Waals surface area contributed by atoms with Gasteiger partial charge in [0.15, 0.2) is 0 Å². The van der Waals surface area contributed by atoms with Gasteiger partial charge in [0.25, 0.3) is 11.5 Å². The van der Waals surface area contributed by atoms with Crippen molar-refractivity contribution in [2.75, 3.05) is 18.5 Å². The van der Waals surface area contributed by atoms with Gasteiger partial charge in [-0.3, -0.25) is 19.0 Å². The number of hydrogen-bond donors (Lipinski definition) is 3. The number of benzene rings is 1. The standard InChI is InChI=1S/C15H14BrClFN3O4/c1-21-13(19-12-3-2-8(16)6-11(12)18)9(7-10(17)15(21)24)14(23)20-25-5-4-22/h2-3,6-7,19,22H,4-5H2,1H3,(H,20,23). The van der Waals surface area contributed by atoms with Crippen molar-refractivity contribution in [3.8, 4) is 0 Å². The summed E-state index contributed by atoms with van der Waals surface area (Å²) in [6.45, 7) is -0.404. The van der Waals surface area contributed by atoms with Crippen LogP contribution in [0.15, 0.2) is 33.5 Å². The highest BCUT2D eigenvalue weighted by Crippen LogP contribution is 2.25. The highest BCUT2D eigenvalue weighted by Gasteiger charge is 2.19. The monoisotopic (exact) mass is 433 g/mol. The molecule has 1 aromatic carbocycles. The van der Waals surface area contributed by atoms with E-state index in [4.69, 9.17) is 21.5 Å². The maximum Gasteiger partial charge on any atom is 0.278 e. The molecule has 0 aliphatic heterocycles. The number of pyridine rings is 1. The Morgan fingerprint density at radius 3 is 2.80 bits per heavy atom. The third kappa shape index (κ3) is 4.57. The van der Waals surface area contributed by atoms with E-state index < -0.39 is 17.3 Å². The zero-order valence-corrected chi connectivity index (χ0v) is 15.3. The van der Waals surface area contributed by atoms with Crippen LogP contribution in [0.25, 0.3) is 0 Å². The summed E-state index contributed by atoms with van der Waals surface area (Å²) in [4.78, 5) is 29.1. The van der Waals surface area contributed by atoms with Crippen LogP contribution < -0.4 is 16.4 Å². The van der Waals surface area contributed by atoms with Crippen LogP contribution in [-0.2, 0) is 11.9 Å². The number of aliphatic hydroxyl groups is 1. The lowest BCUT2D eigenvalue weighted by molar-refractivity contribution is 0.0168. The molecule has 1 heterocycles. The molecule has 0 saturated heterocycles. The van der Waals surface area contributed by atoms with E-state index in [1.165, 1.54) is 19.2 Å². The zero-order valence-electron chi connectivity index (χ0n) is 13.0. The molecule has 0 bridgehead atoms. The van der Waals surface area contributed by atoms with E-state index in [0.717, 1.165) is 10.6 Å². The van der Waals surface area contributed by atoms with Crippen LogP contribution in [0.4, 0.5) is 15.9 Å². The highest BCUT2D eigenvalue weighted by atomic mass is 79.9. The van der Waals surface area contributed by atoms with Crippen LogP contribution in [-0.4, -0.2) is 28.8 Å². The lowest BCUT2D eigenvalue weighted by Gasteiger charge is -2.16. The fraction of sp³-hybridized carbons (Fsp3) is 0.200. The average molecular weight is 435 g/mol. The highest BCUT2D eigenvalue weighted by molar-refractivity contribution is 9.10. The molecule has 3 N–H and O–H groups in total. The van der Waals surface area contributed by atoms with E-state index in [1.54, 1.807) is 6.07 Å². The van der Waals surface area contributed by atoms with E-state index in [2.05, 4.69) is 26.7 Å². The first-order chi connectivity index (χ1) is 11.8. The molecule has 0 fully saturated rings. The maximum absolute atomic E-state index is 14.1. The van der Waals surface area contributed by atoms with Gasteiger partial charge < -0.3 is 10.4 Å². The molecule has 0 radical (unpaired) electrons. The summed E-state index contributed by atoms with van der Waals surface area (Å²) in [7, 11) is 1.39. The van der Waals surface area contributed by atoms with Crippen molar-refractivity contribution < 1.29 is 19.1 Å². The van der Waals surface area contributed by atoms with Gasteiger partial charge >= 0.3 is 0 Å². The molecule has 134 valence electrons. The average Bonchev–Trinajstić information content (AvgIpc) is 2.57. The zero-order chi connectivity index (χ0) is 18.6. The largest absolute Gasteiger partial charge is 0.394 e. The lowest BCUT2D eigenvalue weighted by atomic mass is 10.2. The molecule has 0 atom stereocenters. The summed E-state index contributed by atoms with van der Waals surface area (Å²) in [5.41, 5.74) is 1.57. The third-order valence-corrected chi connectivity index (χ3v) is 3.92. The van der Waals surface area contributed by atoms with Crippen molar-refractivity contribution in [2.45, 2.75) is 0 Å². The van der Waals surface area contributed by atoms with E-state index in [9.17, 15) is 14.0 Å². The van der Waals surface area contributed by atoms with Gasteiger partial charge in [0.2, 0.25) is 0 Å². The molecular weight excluding hydrogens is 421 g/mol.